The molecule has 0 bridgehead atoms. The van der Waals surface area contributed by atoms with Crippen LogP contribution in [0.3, 0.4) is 0 Å². The molecule has 3 amide bonds. The predicted octanol–water partition coefficient (Wildman–Crippen LogP) is -1.58. The van der Waals surface area contributed by atoms with Gasteiger partial charge in [-0.25, -0.2) is 0 Å². The monoisotopic (exact) mass is 328 g/mol. The van der Waals surface area contributed by atoms with E-state index in [1.807, 2.05) is 0 Å². The molecule has 0 radical (unpaired) electrons. The number of carbonyl (C=O) groups is 4. The fourth-order valence-corrected chi connectivity index (χ4v) is 2.33. The molecule has 23 heavy (non-hydrogen) atoms. The van der Waals surface area contributed by atoms with Gasteiger partial charge in [0.2, 0.25) is 17.7 Å². The van der Waals surface area contributed by atoms with Crippen molar-refractivity contribution in [3.63, 3.8) is 0 Å². The van der Waals surface area contributed by atoms with Gasteiger partial charge in [-0.05, 0) is 33.6 Å². The average Bonchev–Trinajstić information content (AvgIpc) is 2.95. The van der Waals surface area contributed by atoms with Gasteiger partial charge in [0, 0.05) is 6.54 Å². The summed E-state index contributed by atoms with van der Waals surface area (Å²) in [5, 5.41) is 13.7. The third-order valence-corrected chi connectivity index (χ3v) is 3.71. The molecule has 0 spiro atoms. The first kappa shape index (κ1) is 18.9. The maximum Gasteiger partial charge on any atom is 0.325 e. The number of nitrogens with two attached hydrogens (primary N) is 1. The molecule has 4 atom stereocenters. The molecule has 1 fully saturated rings. The molecule has 1 aliphatic rings. The van der Waals surface area contributed by atoms with Gasteiger partial charge in [0.1, 0.15) is 18.1 Å². The molecule has 1 saturated heterocycles. The van der Waals surface area contributed by atoms with Gasteiger partial charge >= 0.3 is 5.97 Å². The number of aliphatic carboxylic acids is 1. The highest BCUT2D eigenvalue weighted by molar-refractivity contribution is 5.94. The molecule has 1 heterocycles. The second-order valence-electron chi connectivity index (χ2n) is 5.78. The second-order valence-corrected chi connectivity index (χ2v) is 5.78. The van der Waals surface area contributed by atoms with Gasteiger partial charge in [-0.2, -0.15) is 0 Å². The molecule has 0 aromatic rings. The average molecular weight is 328 g/mol. The van der Waals surface area contributed by atoms with Gasteiger partial charge in [-0.15, -0.1) is 0 Å². The molecule has 1 rings (SSSR count). The van der Waals surface area contributed by atoms with Crippen molar-refractivity contribution in [2.24, 2.45) is 5.73 Å². The van der Waals surface area contributed by atoms with Crippen molar-refractivity contribution < 1.29 is 24.3 Å². The first-order chi connectivity index (χ1) is 10.6. The van der Waals surface area contributed by atoms with Crippen LogP contribution in [-0.4, -0.2) is 64.4 Å². The summed E-state index contributed by atoms with van der Waals surface area (Å²) in [6, 6.07) is -3.30. The quantitative estimate of drug-likeness (QED) is 0.463. The Morgan fingerprint density at radius 1 is 1.13 bits per heavy atom. The Morgan fingerprint density at radius 3 is 2.26 bits per heavy atom. The van der Waals surface area contributed by atoms with E-state index in [1.54, 1.807) is 0 Å². The number of carboxylic acids is 1. The molecule has 0 aliphatic carbocycles. The molecule has 0 aromatic heterocycles. The molecule has 1 aliphatic heterocycles. The van der Waals surface area contributed by atoms with E-state index in [2.05, 4.69) is 10.6 Å². The van der Waals surface area contributed by atoms with Crippen LogP contribution in [0.15, 0.2) is 0 Å². The Bertz CT molecular complexity index is 494. The standard InChI is InChI=1S/C14H24N4O5/c1-7(15)11(19)16-8(2)13(21)18-6-4-5-10(18)12(20)17-9(3)14(22)23/h7-10H,4-6,15H2,1-3H3,(H,16,19)(H,17,20)(H,22,23)/t7?,8-,9-,10-/m0/s1. The third-order valence-electron chi connectivity index (χ3n) is 3.71. The molecule has 5 N–H and O–H groups in total. The Hall–Kier alpha value is -2.16. The smallest absolute Gasteiger partial charge is 0.325 e. The van der Waals surface area contributed by atoms with Gasteiger partial charge < -0.3 is 26.4 Å². The van der Waals surface area contributed by atoms with E-state index in [0.717, 1.165) is 0 Å². The molecule has 0 saturated carbocycles. The van der Waals surface area contributed by atoms with Crippen LogP contribution < -0.4 is 16.4 Å². The molecule has 9 heteroatoms. The number of carbonyl (C=O) groups excluding carboxylic acids is 3. The van der Waals surface area contributed by atoms with E-state index in [4.69, 9.17) is 10.8 Å². The fraction of sp³-hybridized carbons (Fsp3) is 0.714. The molecule has 1 unspecified atom stereocenters. The summed E-state index contributed by atoms with van der Waals surface area (Å²) >= 11 is 0. The van der Waals surface area contributed by atoms with Crippen LogP contribution in [0.5, 0.6) is 0 Å². The summed E-state index contributed by atoms with van der Waals surface area (Å²) in [5.74, 6) is -2.49. The zero-order chi connectivity index (χ0) is 17.7. The van der Waals surface area contributed by atoms with Gasteiger partial charge in [-0.3, -0.25) is 19.2 Å². The number of rotatable bonds is 6. The van der Waals surface area contributed by atoms with Crippen LogP contribution in [-0.2, 0) is 19.2 Å². The predicted molar refractivity (Wildman–Crippen MR) is 81.2 cm³/mol. The highest BCUT2D eigenvalue weighted by atomic mass is 16.4. The van der Waals surface area contributed by atoms with E-state index in [0.29, 0.717) is 19.4 Å². The van der Waals surface area contributed by atoms with Crippen molar-refractivity contribution in [1.82, 2.24) is 15.5 Å². The first-order valence-corrected chi connectivity index (χ1v) is 7.54. The van der Waals surface area contributed by atoms with E-state index >= 15 is 0 Å². The number of amides is 3. The highest BCUT2D eigenvalue weighted by Crippen LogP contribution is 2.18. The summed E-state index contributed by atoms with van der Waals surface area (Å²) in [4.78, 5) is 48.3. The summed E-state index contributed by atoms with van der Waals surface area (Å²) < 4.78 is 0. The largest absolute Gasteiger partial charge is 0.480 e. The summed E-state index contributed by atoms with van der Waals surface area (Å²) in [5.41, 5.74) is 5.44. The maximum atomic E-state index is 12.4. The lowest BCUT2D eigenvalue weighted by molar-refractivity contribution is -0.144. The maximum absolute atomic E-state index is 12.4. The summed E-state index contributed by atoms with van der Waals surface area (Å²) in [6.07, 6.45) is 1.09. The number of likely N-dealkylation sites (tertiary alicyclic amines) is 1. The SMILES string of the molecule is CC(N)C(=O)N[C@@H](C)C(=O)N1CCC[C@H]1C(=O)N[C@@H](C)C(=O)O. The lowest BCUT2D eigenvalue weighted by Crippen LogP contribution is -2.55. The van der Waals surface area contributed by atoms with Crippen molar-refractivity contribution in [2.45, 2.75) is 57.8 Å². The Morgan fingerprint density at radius 2 is 1.74 bits per heavy atom. The number of hydrogen-bond acceptors (Lipinski definition) is 5. The number of nitrogens with one attached hydrogen (secondary N) is 2. The van der Waals surface area contributed by atoms with Gasteiger partial charge in [0.05, 0.1) is 6.04 Å². The lowest BCUT2D eigenvalue weighted by Gasteiger charge is -2.28. The topological polar surface area (TPSA) is 142 Å². The van der Waals surface area contributed by atoms with E-state index in [1.165, 1.54) is 25.7 Å². The highest BCUT2D eigenvalue weighted by Gasteiger charge is 2.37. The second kappa shape index (κ2) is 7.91. The molecular weight excluding hydrogens is 304 g/mol. The van der Waals surface area contributed by atoms with Crippen LogP contribution in [0, 0.1) is 0 Å². The van der Waals surface area contributed by atoms with E-state index < -0.39 is 42.0 Å². The molecule has 0 aromatic carbocycles. The van der Waals surface area contributed by atoms with Crippen LogP contribution in [0.25, 0.3) is 0 Å². The number of carboxylic acid groups (broad SMARTS) is 1. The molecule has 130 valence electrons. The zero-order valence-corrected chi connectivity index (χ0v) is 13.5. The van der Waals surface area contributed by atoms with Crippen LogP contribution in [0.1, 0.15) is 33.6 Å². The van der Waals surface area contributed by atoms with Gasteiger partial charge in [0.25, 0.3) is 0 Å². The third kappa shape index (κ3) is 4.92. The van der Waals surface area contributed by atoms with Crippen LogP contribution in [0.2, 0.25) is 0 Å². The number of nitrogens with zero attached hydrogens (tertiary/aromatic N) is 1. The minimum Gasteiger partial charge on any atom is -0.480 e. The Kier molecular flexibility index (Phi) is 6.49. The van der Waals surface area contributed by atoms with Gasteiger partial charge in [0.15, 0.2) is 0 Å². The van der Waals surface area contributed by atoms with Crippen LogP contribution in [0.4, 0.5) is 0 Å². The van der Waals surface area contributed by atoms with Crippen molar-refractivity contribution in [3.8, 4) is 0 Å². The fourth-order valence-electron chi connectivity index (χ4n) is 2.33. The van der Waals surface area contributed by atoms with Crippen molar-refractivity contribution >= 4 is 23.7 Å². The van der Waals surface area contributed by atoms with E-state index in [9.17, 15) is 19.2 Å². The van der Waals surface area contributed by atoms with Crippen molar-refractivity contribution in [3.05, 3.63) is 0 Å². The Balaban J connectivity index is 2.70. The van der Waals surface area contributed by atoms with Gasteiger partial charge in [-0.1, -0.05) is 0 Å². The van der Waals surface area contributed by atoms with Crippen LogP contribution >= 0.6 is 0 Å². The normalized spacial score (nSPS) is 21.2. The minimum absolute atomic E-state index is 0.386. The van der Waals surface area contributed by atoms with E-state index in [-0.39, 0.29) is 5.91 Å². The zero-order valence-electron chi connectivity index (χ0n) is 13.5. The lowest BCUT2D eigenvalue weighted by atomic mass is 10.1. The molecular formula is C14H24N4O5. The Labute approximate surface area is 134 Å². The number of hydrogen-bond donors (Lipinski definition) is 4. The summed E-state index contributed by atoms with van der Waals surface area (Å²) in [7, 11) is 0. The summed E-state index contributed by atoms with van der Waals surface area (Å²) in [6.45, 7) is 4.77. The minimum atomic E-state index is -1.15. The van der Waals surface area contributed by atoms with Crippen molar-refractivity contribution in [1.29, 1.82) is 0 Å². The van der Waals surface area contributed by atoms with Crippen molar-refractivity contribution in [2.75, 3.05) is 6.54 Å². The first-order valence-electron chi connectivity index (χ1n) is 7.54. The molecule has 9 nitrogen and oxygen atoms in total.